The molecule has 1 unspecified atom stereocenters. The lowest BCUT2D eigenvalue weighted by molar-refractivity contribution is -0.143. The Morgan fingerprint density at radius 2 is 2.28 bits per heavy atom. The Morgan fingerprint density at radius 3 is 2.72 bits per heavy atom. The van der Waals surface area contributed by atoms with Crippen LogP contribution in [0.4, 0.5) is 0 Å². The van der Waals surface area contributed by atoms with E-state index in [0.717, 1.165) is 8.66 Å². The maximum Gasteiger partial charge on any atom is 0.306 e. The summed E-state index contributed by atoms with van der Waals surface area (Å²) in [6.07, 6.45) is 1.06. The first-order valence-corrected chi connectivity index (χ1v) is 7.51. The van der Waals surface area contributed by atoms with Crippen LogP contribution in [0.15, 0.2) is 9.85 Å². The third-order valence-electron chi connectivity index (χ3n) is 2.65. The van der Waals surface area contributed by atoms with Gasteiger partial charge in [0.1, 0.15) is 0 Å². The number of rotatable bonds is 5. The zero-order chi connectivity index (χ0) is 13.9. The molecule has 3 nitrogen and oxygen atoms in total. The zero-order valence-electron chi connectivity index (χ0n) is 10.6. The molecule has 0 amide bonds. The van der Waals surface area contributed by atoms with Crippen LogP contribution < -0.4 is 5.73 Å². The molecule has 0 aliphatic carbocycles. The SMILES string of the molecule is COC(=O)CC(C)(C)CC(N)c1cc(Cl)c(Br)s1. The third-order valence-corrected chi connectivity index (χ3v) is 5.26. The molecule has 1 atom stereocenters. The first-order chi connectivity index (χ1) is 8.25. The fourth-order valence-electron chi connectivity index (χ4n) is 1.78. The molecule has 0 bridgehead atoms. The molecular weight excluding hydrogens is 338 g/mol. The third kappa shape index (κ3) is 4.53. The molecule has 1 aromatic heterocycles. The largest absolute Gasteiger partial charge is 0.469 e. The van der Waals surface area contributed by atoms with Gasteiger partial charge in [-0.1, -0.05) is 25.4 Å². The summed E-state index contributed by atoms with van der Waals surface area (Å²) in [7, 11) is 1.40. The van der Waals surface area contributed by atoms with Crippen LogP contribution in [0.3, 0.4) is 0 Å². The van der Waals surface area contributed by atoms with Crippen molar-refractivity contribution in [1.82, 2.24) is 0 Å². The van der Waals surface area contributed by atoms with Crippen LogP contribution in [-0.2, 0) is 9.53 Å². The highest BCUT2D eigenvalue weighted by molar-refractivity contribution is 9.11. The molecule has 102 valence electrons. The highest BCUT2D eigenvalue weighted by Crippen LogP contribution is 2.39. The maximum absolute atomic E-state index is 11.3. The second-order valence-corrected chi connectivity index (χ2v) is 7.81. The standard InChI is InChI=1S/C12H17BrClNO2S/c1-12(2,6-10(16)17-3)5-8(15)9-4-7(14)11(13)18-9/h4,8H,5-6,15H2,1-3H3. The van der Waals surface area contributed by atoms with Gasteiger partial charge in [-0.25, -0.2) is 0 Å². The predicted octanol–water partition coefficient (Wildman–Crippen LogP) is 4.14. The Morgan fingerprint density at radius 1 is 1.67 bits per heavy atom. The number of carbonyl (C=O) groups excluding carboxylic acids is 1. The van der Waals surface area contributed by atoms with Crippen molar-refractivity contribution in [2.75, 3.05) is 7.11 Å². The summed E-state index contributed by atoms with van der Waals surface area (Å²) < 4.78 is 5.58. The topological polar surface area (TPSA) is 52.3 Å². The van der Waals surface area contributed by atoms with Crippen LogP contribution in [0.1, 0.15) is 37.6 Å². The monoisotopic (exact) mass is 353 g/mol. The van der Waals surface area contributed by atoms with E-state index >= 15 is 0 Å². The van der Waals surface area contributed by atoms with Crippen molar-refractivity contribution in [3.05, 3.63) is 19.8 Å². The Bertz CT molecular complexity index is 414. The number of hydrogen-bond donors (Lipinski definition) is 1. The van der Waals surface area contributed by atoms with E-state index in [9.17, 15) is 4.79 Å². The van der Waals surface area contributed by atoms with E-state index in [1.54, 1.807) is 0 Å². The molecule has 2 N–H and O–H groups in total. The van der Waals surface area contributed by atoms with Crippen molar-refractivity contribution in [3.63, 3.8) is 0 Å². The summed E-state index contributed by atoms with van der Waals surface area (Å²) in [4.78, 5) is 12.3. The van der Waals surface area contributed by atoms with Crippen molar-refractivity contribution in [2.24, 2.45) is 11.1 Å². The average molecular weight is 355 g/mol. The quantitative estimate of drug-likeness (QED) is 0.808. The van der Waals surface area contributed by atoms with Crippen LogP contribution in [-0.4, -0.2) is 13.1 Å². The van der Waals surface area contributed by atoms with Crippen LogP contribution in [0.2, 0.25) is 5.02 Å². The summed E-state index contributed by atoms with van der Waals surface area (Å²) in [5.41, 5.74) is 5.96. The number of halogens is 2. The van der Waals surface area contributed by atoms with Crippen molar-refractivity contribution in [1.29, 1.82) is 0 Å². The van der Waals surface area contributed by atoms with Gasteiger partial charge >= 0.3 is 5.97 Å². The second-order valence-electron chi connectivity index (χ2n) is 5.00. The van der Waals surface area contributed by atoms with Crippen LogP contribution in [0.5, 0.6) is 0 Å². The molecule has 0 saturated heterocycles. The van der Waals surface area contributed by atoms with Crippen molar-refractivity contribution >= 4 is 44.8 Å². The van der Waals surface area contributed by atoms with E-state index < -0.39 is 0 Å². The predicted molar refractivity (Wildman–Crippen MR) is 79.0 cm³/mol. The van der Waals surface area contributed by atoms with Crippen LogP contribution in [0, 0.1) is 5.41 Å². The summed E-state index contributed by atoms with van der Waals surface area (Å²) in [5, 5.41) is 0.677. The maximum atomic E-state index is 11.3. The number of esters is 1. The van der Waals surface area contributed by atoms with Gasteiger partial charge in [0.25, 0.3) is 0 Å². The minimum absolute atomic E-state index is 0.126. The number of nitrogens with two attached hydrogens (primary N) is 1. The highest BCUT2D eigenvalue weighted by Gasteiger charge is 2.26. The average Bonchev–Trinajstić information content (AvgIpc) is 2.58. The number of thiophene rings is 1. The fourth-order valence-corrected chi connectivity index (χ4v) is 3.53. The lowest BCUT2D eigenvalue weighted by atomic mass is 9.82. The molecule has 1 rings (SSSR count). The Balaban J connectivity index is 2.68. The Labute approximate surface area is 125 Å². The molecule has 18 heavy (non-hydrogen) atoms. The van der Waals surface area contributed by atoms with Crippen LogP contribution >= 0.6 is 38.9 Å². The van der Waals surface area contributed by atoms with Gasteiger partial charge in [-0.3, -0.25) is 4.79 Å². The number of methoxy groups -OCH3 is 1. The lowest BCUT2D eigenvalue weighted by Gasteiger charge is -2.26. The number of carbonyl (C=O) groups is 1. The molecular formula is C12H17BrClNO2S. The molecule has 6 heteroatoms. The van der Waals surface area contributed by atoms with E-state index in [2.05, 4.69) is 15.9 Å². The molecule has 0 aromatic carbocycles. The smallest absolute Gasteiger partial charge is 0.306 e. The summed E-state index contributed by atoms with van der Waals surface area (Å²) in [6.45, 7) is 4.02. The van der Waals surface area contributed by atoms with Crippen LogP contribution in [0.25, 0.3) is 0 Å². The van der Waals surface area contributed by atoms with Gasteiger partial charge in [-0.05, 0) is 33.8 Å². The molecule has 0 spiro atoms. The minimum atomic E-state index is -0.211. The van der Waals surface area contributed by atoms with Crippen molar-refractivity contribution < 1.29 is 9.53 Å². The van der Waals surface area contributed by atoms with E-state index in [1.165, 1.54) is 18.4 Å². The fraction of sp³-hybridized carbons (Fsp3) is 0.583. The van der Waals surface area contributed by atoms with E-state index in [1.807, 2.05) is 19.9 Å². The summed E-state index contributed by atoms with van der Waals surface area (Å²) in [5.74, 6) is -0.211. The van der Waals surface area contributed by atoms with Gasteiger partial charge in [0.05, 0.1) is 22.3 Å². The molecule has 1 heterocycles. The Hall–Kier alpha value is -0.100. The van der Waals surface area contributed by atoms with Gasteiger partial charge in [0.15, 0.2) is 0 Å². The number of hydrogen-bond acceptors (Lipinski definition) is 4. The van der Waals surface area contributed by atoms with E-state index in [4.69, 9.17) is 22.1 Å². The van der Waals surface area contributed by atoms with E-state index in [0.29, 0.717) is 17.9 Å². The van der Waals surface area contributed by atoms with Gasteiger partial charge in [-0.15, -0.1) is 11.3 Å². The van der Waals surface area contributed by atoms with Gasteiger partial charge in [-0.2, -0.15) is 0 Å². The lowest BCUT2D eigenvalue weighted by Crippen LogP contribution is -2.24. The van der Waals surface area contributed by atoms with Crippen molar-refractivity contribution in [2.45, 2.75) is 32.7 Å². The minimum Gasteiger partial charge on any atom is -0.469 e. The normalized spacial score (nSPS) is 13.4. The summed E-state index contributed by atoms with van der Waals surface area (Å²) >= 11 is 10.9. The van der Waals surface area contributed by atoms with Gasteiger partial charge in [0, 0.05) is 10.9 Å². The molecule has 1 aromatic rings. The van der Waals surface area contributed by atoms with Crippen molar-refractivity contribution in [3.8, 4) is 0 Å². The molecule has 0 aliphatic rings. The molecule has 0 aliphatic heterocycles. The van der Waals surface area contributed by atoms with Gasteiger partial charge < -0.3 is 10.5 Å². The van der Waals surface area contributed by atoms with Gasteiger partial charge in [0.2, 0.25) is 0 Å². The summed E-state index contributed by atoms with van der Waals surface area (Å²) in [6, 6.07) is 1.74. The first kappa shape index (κ1) is 16.0. The number of ether oxygens (including phenoxy) is 1. The molecule has 0 radical (unpaired) electrons. The molecule has 0 fully saturated rings. The first-order valence-electron chi connectivity index (χ1n) is 5.52. The molecule has 0 saturated carbocycles. The zero-order valence-corrected chi connectivity index (χ0v) is 13.8. The second kappa shape index (κ2) is 6.37. The Kier molecular flexibility index (Phi) is 5.65. The highest BCUT2D eigenvalue weighted by atomic mass is 79.9. The van der Waals surface area contributed by atoms with E-state index in [-0.39, 0.29) is 17.4 Å².